The van der Waals surface area contributed by atoms with E-state index in [9.17, 15) is 9.59 Å². The van der Waals surface area contributed by atoms with Crippen LogP contribution in [0.25, 0.3) is 0 Å². The van der Waals surface area contributed by atoms with E-state index in [1.807, 2.05) is 6.07 Å². The summed E-state index contributed by atoms with van der Waals surface area (Å²) in [5.74, 6) is 0.190. The molecule has 0 saturated heterocycles. The number of nitrogens with zero attached hydrogens (tertiary/aromatic N) is 1. The first-order valence-corrected chi connectivity index (χ1v) is 11.0. The van der Waals surface area contributed by atoms with Gasteiger partial charge in [0.1, 0.15) is 0 Å². The van der Waals surface area contributed by atoms with E-state index in [4.69, 9.17) is 4.74 Å². The molecule has 7 nitrogen and oxygen atoms in total. The highest BCUT2D eigenvalue weighted by molar-refractivity contribution is 5.89. The first kappa shape index (κ1) is 21.6. The molecule has 2 aliphatic rings. The van der Waals surface area contributed by atoms with Crippen molar-refractivity contribution in [2.24, 2.45) is 5.92 Å². The van der Waals surface area contributed by atoms with Gasteiger partial charge in [-0.05, 0) is 31.7 Å². The molecule has 0 aromatic carbocycles. The van der Waals surface area contributed by atoms with Crippen LogP contribution in [0.5, 0.6) is 0 Å². The molecular formula is C22H34N4O3. The molecule has 3 N–H and O–H groups in total. The average molecular weight is 403 g/mol. The molecule has 1 aromatic heterocycles. The minimum Gasteiger partial charge on any atom is -0.373 e. The van der Waals surface area contributed by atoms with Crippen molar-refractivity contribution in [1.29, 1.82) is 0 Å². The van der Waals surface area contributed by atoms with Crippen LogP contribution in [0.4, 0.5) is 10.5 Å². The Morgan fingerprint density at radius 2 is 1.86 bits per heavy atom. The van der Waals surface area contributed by atoms with Crippen LogP contribution in [0, 0.1) is 5.92 Å². The van der Waals surface area contributed by atoms with Crippen molar-refractivity contribution in [1.82, 2.24) is 15.6 Å². The van der Waals surface area contributed by atoms with Crippen LogP contribution < -0.4 is 16.0 Å². The fraction of sp³-hybridized carbons (Fsp3) is 0.682. The van der Waals surface area contributed by atoms with Crippen molar-refractivity contribution in [3.8, 4) is 0 Å². The molecule has 29 heavy (non-hydrogen) atoms. The second kappa shape index (κ2) is 11.1. The molecule has 0 spiro atoms. The summed E-state index contributed by atoms with van der Waals surface area (Å²) in [6.45, 7) is 2.55. The van der Waals surface area contributed by atoms with Gasteiger partial charge in [0.15, 0.2) is 0 Å². The van der Waals surface area contributed by atoms with Gasteiger partial charge in [0.2, 0.25) is 5.91 Å². The normalized spacial score (nSPS) is 22.7. The zero-order valence-corrected chi connectivity index (χ0v) is 17.4. The van der Waals surface area contributed by atoms with Crippen LogP contribution in [0.3, 0.4) is 0 Å². The lowest BCUT2D eigenvalue weighted by Crippen LogP contribution is -2.46. The van der Waals surface area contributed by atoms with Crippen LogP contribution in [0.1, 0.15) is 70.3 Å². The van der Waals surface area contributed by atoms with Crippen LogP contribution in [0.2, 0.25) is 0 Å². The number of carbonyl (C=O) groups is 2. The molecule has 0 bridgehead atoms. The van der Waals surface area contributed by atoms with Gasteiger partial charge in [-0.1, -0.05) is 32.1 Å². The van der Waals surface area contributed by atoms with E-state index in [0.29, 0.717) is 30.8 Å². The third kappa shape index (κ3) is 6.99. The smallest absolute Gasteiger partial charge is 0.315 e. The van der Waals surface area contributed by atoms with Gasteiger partial charge >= 0.3 is 6.03 Å². The van der Waals surface area contributed by atoms with Crippen LogP contribution in [-0.4, -0.2) is 35.6 Å². The monoisotopic (exact) mass is 402 g/mol. The fourth-order valence-electron chi connectivity index (χ4n) is 4.38. The maximum absolute atomic E-state index is 12.3. The summed E-state index contributed by atoms with van der Waals surface area (Å²) in [5.41, 5.74) is 1.61. The number of ether oxygens (including phenoxy) is 1. The molecule has 2 aliphatic carbocycles. The lowest BCUT2D eigenvalue weighted by molar-refractivity contribution is -0.114. The predicted octanol–water partition coefficient (Wildman–Crippen LogP) is 3.75. The Morgan fingerprint density at radius 3 is 2.66 bits per heavy atom. The van der Waals surface area contributed by atoms with Gasteiger partial charge in [-0.15, -0.1) is 0 Å². The number of amides is 3. The molecule has 2 unspecified atom stereocenters. The van der Waals surface area contributed by atoms with Crippen LogP contribution in [-0.2, 0) is 16.1 Å². The zero-order valence-electron chi connectivity index (χ0n) is 17.4. The summed E-state index contributed by atoms with van der Waals surface area (Å²) in [4.78, 5) is 27.7. The van der Waals surface area contributed by atoms with Gasteiger partial charge in [0.25, 0.3) is 0 Å². The number of pyridine rings is 1. The van der Waals surface area contributed by atoms with Gasteiger partial charge in [0, 0.05) is 37.2 Å². The first-order chi connectivity index (χ1) is 14.1. The number of nitrogens with one attached hydrogen (secondary N) is 3. The molecule has 160 valence electrons. The van der Waals surface area contributed by atoms with Crippen LogP contribution >= 0.6 is 0 Å². The van der Waals surface area contributed by atoms with Gasteiger partial charge in [-0.25, -0.2) is 4.79 Å². The summed E-state index contributed by atoms with van der Waals surface area (Å²) >= 11 is 0. The van der Waals surface area contributed by atoms with E-state index in [0.717, 1.165) is 37.7 Å². The van der Waals surface area contributed by atoms with Crippen molar-refractivity contribution in [3.05, 3.63) is 24.0 Å². The average Bonchev–Trinajstić information content (AvgIpc) is 2.72. The Balaban J connectivity index is 1.48. The molecular weight excluding hydrogens is 368 g/mol. The fourth-order valence-corrected chi connectivity index (χ4v) is 4.38. The summed E-state index contributed by atoms with van der Waals surface area (Å²) < 4.78 is 6.24. The third-order valence-electron chi connectivity index (χ3n) is 5.98. The van der Waals surface area contributed by atoms with Crippen molar-refractivity contribution < 1.29 is 14.3 Å². The van der Waals surface area contributed by atoms with Gasteiger partial charge in [-0.2, -0.15) is 0 Å². The Bertz CT molecular complexity index is 676. The quantitative estimate of drug-likeness (QED) is 0.648. The van der Waals surface area contributed by atoms with E-state index in [2.05, 4.69) is 20.9 Å². The Labute approximate surface area is 173 Å². The zero-order chi connectivity index (χ0) is 20.5. The highest BCUT2D eigenvalue weighted by atomic mass is 16.5. The van der Waals surface area contributed by atoms with E-state index in [1.54, 1.807) is 12.4 Å². The Hall–Kier alpha value is -2.15. The predicted molar refractivity (Wildman–Crippen MR) is 112 cm³/mol. The van der Waals surface area contributed by atoms with E-state index >= 15 is 0 Å². The number of aromatic nitrogens is 1. The molecule has 3 amide bonds. The highest BCUT2D eigenvalue weighted by Gasteiger charge is 2.27. The number of carbonyl (C=O) groups excluding carboxylic acids is 2. The Morgan fingerprint density at radius 1 is 1.10 bits per heavy atom. The van der Waals surface area contributed by atoms with Gasteiger partial charge < -0.3 is 20.7 Å². The summed E-state index contributed by atoms with van der Waals surface area (Å²) in [6.07, 6.45) is 13.7. The molecule has 2 atom stereocenters. The third-order valence-corrected chi connectivity index (χ3v) is 5.98. The second-order valence-electron chi connectivity index (χ2n) is 8.30. The molecule has 7 heteroatoms. The van der Waals surface area contributed by atoms with E-state index in [1.165, 1.54) is 32.6 Å². The number of hydrogen-bond donors (Lipinski definition) is 3. The van der Waals surface area contributed by atoms with Gasteiger partial charge in [-0.3, -0.25) is 9.78 Å². The minimum absolute atomic E-state index is 0.0525. The first-order valence-electron chi connectivity index (χ1n) is 11.0. The molecule has 2 fully saturated rings. The van der Waals surface area contributed by atoms with Crippen molar-refractivity contribution in [2.75, 3.05) is 11.9 Å². The maximum atomic E-state index is 12.3. The second-order valence-corrected chi connectivity index (χ2v) is 8.30. The lowest BCUT2D eigenvalue weighted by Gasteiger charge is -2.32. The van der Waals surface area contributed by atoms with Crippen molar-refractivity contribution in [2.45, 2.75) is 83.5 Å². The molecule has 0 aliphatic heterocycles. The summed E-state index contributed by atoms with van der Waals surface area (Å²) in [5, 5.41) is 8.99. The molecule has 1 aromatic rings. The maximum Gasteiger partial charge on any atom is 0.315 e. The van der Waals surface area contributed by atoms with Gasteiger partial charge in [0.05, 0.1) is 24.6 Å². The lowest BCUT2D eigenvalue weighted by atomic mass is 9.86. The number of rotatable bonds is 7. The Kier molecular flexibility index (Phi) is 8.28. The minimum atomic E-state index is -0.122. The van der Waals surface area contributed by atoms with Crippen molar-refractivity contribution >= 4 is 17.6 Å². The summed E-state index contributed by atoms with van der Waals surface area (Å²) in [7, 11) is 0. The summed E-state index contributed by atoms with van der Waals surface area (Å²) in [6, 6.07) is 2.14. The standard InChI is InChI=1S/C22H34N4O3/c1-16(27)25-20-14-23-12-11-18(20)15-29-21-10-6-5-7-17(21)13-24-22(28)26-19-8-3-2-4-9-19/h11-12,14,17,19,21H,2-10,13,15H2,1H3,(H,25,27)(H2,24,26,28). The largest absolute Gasteiger partial charge is 0.373 e. The number of hydrogen-bond acceptors (Lipinski definition) is 4. The highest BCUT2D eigenvalue weighted by Crippen LogP contribution is 2.28. The van der Waals surface area contributed by atoms with Crippen LogP contribution in [0.15, 0.2) is 18.5 Å². The molecule has 3 rings (SSSR count). The van der Waals surface area contributed by atoms with E-state index < -0.39 is 0 Å². The van der Waals surface area contributed by atoms with E-state index in [-0.39, 0.29) is 18.0 Å². The topological polar surface area (TPSA) is 92.3 Å². The SMILES string of the molecule is CC(=O)Nc1cnccc1COC1CCCCC1CNC(=O)NC1CCCCC1. The molecule has 1 heterocycles. The number of anilines is 1. The van der Waals surface area contributed by atoms with Crippen molar-refractivity contribution in [3.63, 3.8) is 0 Å². The molecule has 0 radical (unpaired) electrons. The molecule has 2 saturated carbocycles. The number of urea groups is 1.